The van der Waals surface area contributed by atoms with E-state index in [1.165, 1.54) is 21.6 Å². The Labute approximate surface area is 239 Å². The van der Waals surface area contributed by atoms with Gasteiger partial charge >= 0.3 is 0 Å². The highest BCUT2D eigenvalue weighted by atomic mass is 33.1. The lowest BCUT2D eigenvalue weighted by molar-refractivity contribution is 0.0946. The molecule has 0 aliphatic carbocycles. The maximum atomic E-state index is 13.8. The number of aryl methyl sites for hydroxylation is 4. The minimum Gasteiger partial charge on any atom is -0.268 e. The molecule has 0 bridgehead atoms. The third kappa shape index (κ3) is 4.63. The summed E-state index contributed by atoms with van der Waals surface area (Å²) < 4.78 is 3.32. The Hall–Kier alpha value is -4.14. The standard InChI is InChI=1S/C32H26N4O2S2/c1-19-15-25-27(17-21(19)3)35(29(37)23-11-7-5-8-12-23)31(33-25)39-40-32-34-26-16-20(2)22(4)18-28(26)36(32)30(38)24-13-9-6-10-14-24/h5-18H,1-4H3. The highest BCUT2D eigenvalue weighted by Crippen LogP contribution is 2.40. The highest BCUT2D eigenvalue weighted by molar-refractivity contribution is 8.76. The van der Waals surface area contributed by atoms with Gasteiger partial charge in [0.05, 0.1) is 22.1 Å². The number of benzene rings is 4. The molecule has 0 atom stereocenters. The quantitative estimate of drug-likeness (QED) is 0.200. The molecule has 0 saturated carbocycles. The summed E-state index contributed by atoms with van der Waals surface area (Å²) in [5.74, 6) is -0.316. The van der Waals surface area contributed by atoms with E-state index >= 15 is 0 Å². The van der Waals surface area contributed by atoms with Gasteiger partial charge in [0.1, 0.15) is 0 Å². The van der Waals surface area contributed by atoms with E-state index in [-0.39, 0.29) is 11.8 Å². The van der Waals surface area contributed by atoms with Gasteiger partial charge in [0.15, 0.2) is 10.3 Å². The Balaban J connectivity index is 1.46. The molecule has 40 heavy (non-hydrogen) atoms. The van der Waals surface area contributed by atoms with E-state index in [0.717, 1.165) is 44.3 Å². The minimum atomic E-state index is -0.158. The monoisotopic (exact) mass is 562 g/mol. The molecule has 6 rings (SSSR count). The molecule has 0 saturated heterocycles. The van der Waals surface area contributed by atoms with Crippen molar-refractivity contribution in [2.24, 2.45) is 0 Å². The molecule has 0 radical (unpaired) electrons. The number of fused-ring (bicyclic) bond motifs is 2. The minimum absolute atomic E-state index is 0.158. The van der Waals surface area contributed by atoms with Crippen molar-refractivity contribution in [1.29, 1.82) is 0 Å². The lowest BCUT2D eigenvalue weighted by Crippen LogP contribution is -2.14. The molecule has 0 amide bonds. The van der Waals surface area contributed by atoms with Crippen molar-refractivity contribution in [3.8, 4) is 0 Å². The van der Waals surface area contributed by atoms with Crippen LogP contribution in [-0.4, -0.2) is 30.9 Å². The van der Waals surface area contributed by atoms with Crippen molar-refractivity contribution in [1.82, 2.24) is 19.1 Å². The lowest BCUT2D eigenvalue weighted by Gasteiger charge is -2.10. The van der Waals surface area contributed by atoms with Gasteiger partial charge in [-0.15, -0.1) is 0 Å². The molecule has 0 unspecified atom stereocenters. The van der Waals surface area contributed by atoms with Gasteiger partial charge in [-0.05, 0) is 120 Å². The molecular formula is C32H26N4O2S2. The molecule has 0 aliphatic heterocycles. The lowest BCUT2D eigenvalue weighted by atomic mass is 10.1. The van der Waals surface area contributed by atoms with Crippen LogP contribution in [0.1, 0.15) is 43.0 Å². The molecule has 198 valence electrons. The molecule has 2 aromatic heterocycles. The average Bonchev–Trinajstić information content (AvgIpc) is 3.49. The van der Waals surface area contributed by atoms with E-state index in [1.807, 2.05) is 88.4 Å². The Morgan fingerprint density at radius 1 is 0.550 bits per heavy atom. The molecular weight excluding hydrogens is 537 g/mol. The Kier molecular flexibility index (Phi) is 6.82. The molecule has 6 nitrogen and oxygen atoms in total. The van der Waals surface area contributed by atoms with Crippen molar-refractivity contribution in [3.63, 3.8) is 0 Å². The SMILES string of the molecule is Cc1cc2nc(SSc3nc4cc(C)c(C)cc4n3C(=O)c3ccccc3)n(C(=O)c3ccccc3)c2cc1C. The van der Waals surface area contributed by atoms with Gasteiger partial charge in [-0.25, -0.2) is 9.97 Å². The van der Waals surface area contributed by atoms with Crippen LogP contribution in [0.3, 0.4) is 0 Å². The number of nitrogens with zero attached hydrogens (tertiary/aromatic N) is 4. The van der Waals surface area contributed by atoms with E-state index in [4.69, 9.17) is 9.97 Å². The van der Waals surface area contributed by atoms with Crippen molar-refractivity contribution in [2.45, 2.75) is 38.0 Å². The van der Waals surface area contributed by atoms with E-state index in [2.05, 4.69) is 0 Å². The molecule has 8 heteroatoms. The number of hydrogen-bond donors (Lipinski definition) is 0. The molecule has 4 aromatic carbocycles. The molecule has 0 spiro atoms. The molecule has 2 heterocycles. The van der Waals surface area contributed by atoms with Crippen LogP contribution in [0.2, 0.25) is 0 Å². The van der Waals surface area contributed by atoms with Crippen molar-refractivity contribution in [3.05, 3.63) is 118 Å². The van der Waals surface area contributed by atoms with Crippen molar-refractivity contribution in [2.75, 3.05) is 0 Å². The first-order valence-corrected chi connectivity index (χ1v) is 15.0. The molecule has 0 N–H and O–H groups in total. The fourth-order valence-electron chi connectivity index (χ4n) is 4.62. The van der Waals surface area contributed by atoms with Gasteiger partial charge in [-0.2, -0.15) is 0 Å². The van der Waals surface area contributed by atoms with Crippen LogP contribution in [0, 0.1) is 27.7 Å². The first-order valence-electron chi connectivity index (χ1n) is 12.8. The average molecular weight is 563 g/mol. The number of carbonyl (C=O) groups excluding carboxylic acids is 2. The second kappa shape index (κ2) is 10.4. The summed E-state index contributed by atoms with van der Waals surface area (Å²) in [6, 6.07) is 26.4. The number of rotatable bonds is 5. The van der Waals surface area contributed by atoms with E-state index < -0.39 is 0 Å². The Morgan fingerprint density at radius 2 is 0.900 bits per heavy atom. The van der Waals surface area contributed by atoms with Crippen molar-refractivity contribution < 1.29 is 9.59 Å². The molecule has 0 aliphatic rings. The van der Waals surface area contributed by atoms with Crippen LogP contribution in [0.5, 0.6) is 0 Å². The van der Waals surface area contributed by atoms with Gasteiger partial charge in [-0.1, -0.05) is 36.4 Å². The summed E-state index contributed by atoms with van der Waals surface area (Å²) in [6.45, 7) is 8.14. The fourth-order valence-corrected chi connectivity index (χ4v) is 6.67. The van der Waals surface area contributed by atoms with Gasteiger partial charge in [-0.3, -0.25) is 18.7 Å². The van der Waals surface area contributed by atoms with E-state index in [9.17, 15) is 9.59 Å². The van der Waals surface area contributed by atoms with Crippen molar-refractivity contribution >= 4 is 55.5 Å². The van der Waals surface area contributed by atoms with Crippen LogP contribution >= 0.6 is 21.6 Å². The zero-order valence-electron chi connectivity index (χ0n) is 22.5. The second-order valence-corrected chi connectivity index (χ2v) is 11.9. The Morgan fingerprint density at radius 3 is 1.27 bits per heavy atom. The summed E-state index contributed by atoms with van der Waals surface area (Å²) >= 11 is 0. The summed E-state index contributed by atoms with van der Waals surface area (Å²) in [5, 5.41) is 1.05. The number of hydrogen-bond acceptors (Lipinski definition) is 6. The predicted octanol–water partition coefficient (Wildman–Crippen LogP) is 7.80. The normalized spacial score (nSPS) is 11.4. The maximum absolute atomic E-state index is 13.8. The van der Waals surface area contributed by atoms with E-state index in [1.54, 1.807) is 33.4 Å². The van der Waals surface area contributed by atoms with Gasteiger partial charge in [0.25, 0.3) is 11.8 Å². The van der Waals surface area contributed by atoms with Gasteiger partial charge in [0.2, 0.25) is 0 Å². The van der Waals surface area contributed by atoms with Crippen LogP contribution in [0.25, 0.3) is 22.1 Å². The summed E-state index contributed by atoms with van der Waals surface area (Å²) in [4.78, 5) is 37.2. The number of imidazole rings is 2. The van der Waals surface area contributed by atoms with Crippen LogP contribution in [0.15, 0.2) is 95.2 Å². The topological polar surface area (TPSA) is 69.8 Å². The van der Waals surface area contributed by atoms with Crippen LogP contribution in [-0.2, 0) is 0 Å². The predicted molar refractivity (Wildman–Crippen MR) is 162 cm³/mol. The Bertz CT molecular complexity index is 1780. The maximum Gasteiger partial charge on any atom is 0.264 e. The summed E-state index contributed by atoms with van der Waals surface area (Å²) in [7, 11) is 2.65. The molecule has 0 fully saturated rings. The van der Waals surface area contributed by atoms with Gasteiger partial charge in [0, 0.05) is 11.1 Å². The first-order chi connectivity index (χ1) is 19.3. The summed E-state index contributed by atoms with van der Waals surface area (Å²) in [5.41, 5.74) is 8.52. The smallest absolute Gasteiger partial charge is 0.264 e. The van der Waals surface area contributed by atoms with Crippen LogP contribution < -0.4 is 0 Å². The number of aromatic nitrogens is 4. The highest BCUT2D eigenvalue weighted by Gasteiger charge is 2.24. The fraction of sp³-hybridized carbons (Fsp3) is 0.125. The van der Waals surface area contributed by atoms with E-state index in [0.29, 0.717) is 21.4 Å². The third-order valence-corrected chi connectivity index (χ3v) is 9.19. The van der Waals surface area contributed by atoms with Crippen LogP contribution in [0.4, 0.5) is 0 Å². The second-order valence-electron chi connectivity index (χ2n) is 9.82. The zero-order chi connectivity index (χ0) is 28.0. The zero-order valence-corrected chi connectivity index (χ0v) is 24.1. The number of carbonyl (C=O) groups is 2. The first kappa shape index (κ1) is 26.1. The molecule has 6 aromatic rings. The third-order valence-electron chi connectivity index (χ3n) is 7.12. The summed E-state index contributed by atoms with van der Waals surface area (Å²) in [6.07, 6.45) is 0. The largest absolute Gasteiger partial charge is 0.268 e. The van der Waals surface area contributed by atoms with Gasteiger partial charge < -0.3 is 0 Å².